The van der Waals surface area contributed by atoms with Gasteiger partial charge < -0.3 is 20.7 Å². The van der Waals surface area contributed by atoms with Gasteiger partial charge in [-0.3, -0.25) is 19.3 Å². The average molecular weight is 841 g/mol. The second-order valence-electron chi connectivity index (χ2n) is 13.7. The molecular weight excluding hydrogens is 800 g/mol. The fourth-order valence-corrected chi connectivity index (χ4v) is 9.25. The van der Waals surface area contributed by atoms with Crippen molar-refractivity contribution in [1.82, 2.24) is 10.2 Å². The van der Waals surface area contributed by atoms with Crippen LogP contribution in [0.3, 0.4) is 0 Å². The molecule has 3 amide bonds. The molecule has 298 valence electrons. The fourth-order valence-electron chi connectivity index (χ4n) is 6.69. The maximum Gasteiger partial charge on any atom is 0.341 e. The van der Waals surface area contributed by atoms with E-state index in [-0.39, 0.29) is 18.2 Å². The normalized spacial score (nSPS) is 13.2. The smallest absolute Gasteiger partial charge is 0.341 e. The van der Waals surface area contributed by atoms with Gasteiger partial charge in [0, 0.05) is 45.7 Å². The number of thiophene rings is 1. The van der Waals surface area contributed by atoms with Gasteiger partial charge in [-0.1, -0.05) is 115 Å². The zero-order valence-corrected chi connectivity index (χ0v) is 34.5. The number of halogens is 1. The molecule has 5 aromatic carbocycles. The number of ether oxygens (including phenoxy) is 1. The summed E-state index contributed by atoms with van der Waals surface area (Å²) in [6.45, 7) is 4.18. The molecule has 1 aromatic heterocycles. The van der Waals surface area contributed by atoms with Crippen LogP contribution in [0.2, 0.25) is 5.02 Å². The number of nitrogens with one attached hydrogen (secondary N) is 3. The van der Waals surface area contributed by atoms with Crippen molar-refractivity contribution >= 4 is 75.2 Å². The molecule has 12 heteroatoms. The number of hydrogen-bond acceptors (Lipinski definition) is 8. The summed E-state index contributed by atoms with van der Waals surface area (Å²) in [6.07, 6.45) is 2.18. The Bertz CT molecular complexity index is 2480. The highest BCUT2D eigenvalue weighted by Crippen LogP contribution is 2.41. The average Bonchev–Trinajstić information content (AvgIpc) is 3.61. The van der Waals surface area contributed by atoms with Gasteiger partial charge in [-0.15, -0.1) is 23.1 Å². The van der Waals surface area contributed by atoms with Crippen LogP contribution in [-0.2, 0) is 33.8 Å². The Labute approximate surface area is 356 Å². The number of anilines is 2. The van der Waals surface area contributed by atoms with E-state index < -0.39 is 23.0 Å². The van der Waals surface area contributed by atoms with E-state index in [4.69, 9.17) is 16.3 Å². The maximum absolute atomic E-state index is 14.4. The Morgan fingerprint density at radius 1 is 0.847 bits per heavy atom. The van der Waals surface area contributed by atoms with Crippen molar-refractivity contribution in [1.29, 1.82) is 0 Å². The topological polar surface area (TPSA) is 117 Å². The highest BCUT2D eigenvalue weighted by molar-refractivity contribution is 8.00. The van der Waals surface area contributed by atoms with E-state index in [0.717, 1.165) is 29.1 Å². The Balaban J connectivity index is 1.12. The Morgan fingerprint density at radius 2 is 1.54 bits per heavy atom. The molecular formula is C47H41ClN4O5S2. The van der Waals surface area contributed by atoms with Crippen molar-refractivity contribution in [2.75, 3.05) is 23.8 Å². The molecule has 1 aliphatic heterocycles. The molecule has 1 atom stereocenters. The molecule has 9 nitrogen and oxygen atoms in total. The van der Waals surface area contributed by atoms with Gasteiger partial charge in [-0.05, 0) is 78.1 Å². The van der Waals surface area contributed by atoms with Crippen LogP contribution in [0.15, 0.2) is 150 Å². The monoisotopic (exact) mass is 840 g/mol. The second kappa shape index (κ2) is 19.6. The molecule has 6 aromatic rings. The van der Waals surface area contributed by atoms with E-state index in [1.807, 2.05) is 54.6 Å². The van der Waals surface area contributed by atoms with Crippen LogP contribution in [0.5, 0.6) is 0 Å². The number of nitrogens with zero attached hydrogens (tertiary/aromatic N) is 1. The maximum atomic E-state index is 14.4. The molecule has 7 rings (SSSR count). The van der Waals surface area contributed by atoms with E-state index in [2.05, 4.69) is 33.0 Å². The largest absolute Gasteiger partial charge is 0.462 e. The number of esters is 1. The Morgan fingerprint density at radius 3 is 2.27 bits per heavy atom. The highest BCUT2D eigenvalue weighted by Gasteiger charge is 2.32. The summed E-state index contributed by atoms with van der Waals surface area (Å²) in [7, 11) is 0. The third-order valence-electron chi connectivity index (χ3n) is 9.52. The van der Waals surface area contributed by atoms with Crippen molar-refractivity contribution in [3.63, 3.8) is 0 Å². The van der Waals surface area contributed by atoms with Crippen molar-refractivity contribution in [2.24, 2.45) is 0 Å². The highest BCUT2D eigenvalue weighted by atomic mass is 35.5. The number of fused-ring (bicyclic) bond motifs is 1. The number of carbonyl (C=O) groups is 4. The summed E-state index contributed by atoms with van der Waals surface area (Å²) in [5, 5.41) is 8.93. The summed E-state index contributed by atoms with van der Waals surface area (Å²) in [5.41, 5.74) is 4.68. The number of hydrogen-bond donors (Lipinski definition) is 3. The molecule has 1 unspecified atom stereocenters. The second-order valence-corrected chi connectivity index (χ2v) is 16.3. The molecule has 2 heterocycles. The Hall–Kier alpha value is -5.98. The summed E-state index contributed by atoms with van der Waals surface area (Å²) in [4.78, 5) is 59.0. The van der Waals surface area contributed by atoms with E-state index in [1.54, 1.807) is 79.7 Å². The van der Waals surface area contributed by atoms with E-state index in [9.17, 15) is 19.2 Å². The lowest BCUT2D eigenvalue weighted by molar-refractivity contribution is -0.116. The van der Waals surface area contributed by atoms with Crippen LogP contribution in [0, 0.1) is 0 Å². The van der Waals surface area contributed by atoms with Gasteiger partial charge in [0.25, 0.3) is 11.8 Å². The molecule has 0 spiro atoms. The first kappa shape index (κ1) is 41.2. The lowest BCUT2D eigenvalue weighted by Crippen LogP contribution is -2.30. The first-order chi connectivity index (χ1) is 28.7. The quantitative estimate of drug-likeness (QED) is 0.0568. The number of thioether (sulfide) groups is 1. The minimum absolute atomic E-state index is 0.00853. The third-order valence-corrected chi connectivity index (χ3v) is 12.2. The van der Waals surface area contributed by atoms with Crippen molar-refractivity contribution in [3.8, 4) is 0 Å². The van der Waals surface area contributed by atoms with E-state index in [1.165, 1.54) is 34.7 Å². The Kier molecular flexibility index (Phi) is 13.7. The summed E-state index contributed by atoms with van der Waals surface area (Å²) in [6, 6.07) is 42.4. The van der Waals surface area contributed by atoms with Gasteiger partial charge in [-0.2, -0.15) is 0 Å². The zero-order chi connectivity index (χ0) is 41.1. The van der Waals surface area contributed by atoms with Gasteiger partial charge in [0.15, 0.2) is 0 Å². The van der Waals surface area contributed by atoms with Crippen molar-refractivity contribution in [3.05, 3.63) is 189 Å². The molecule has 0 bridgehead atoms. The molecule has 0 saturated carbocycles. The summed E-state index contributed by atoms with van der Waals surface area (Å²) < 4.78 is 5.51. The SMILES string of the molecule is CCOC(=O)c1c(NC(=O)C(Sc2cccc(NC(=O)/C(=C\c3ccccc3Cl)NC(=O)c3ccccc3)c2)c2ccccc2)sc2c1CCN(Cc1ccccc1)C2. The van der Waals surface area contributed by atoms with Gasteiger partial charge in [0.1, 0.15) is 15.9 Å². The molecule has 0 radical (unpaired) electrons. The first-order valence-electron chi connectivity index (χ1n) is 19.1. The van der Waals surface area contributed by atoms with Crippen LogP contribution < -0.4 is 16.0 Å². The lowest BCUT2D eigenvalue weighted by Gasteiger charge is -2.27. The lowest BCUT2D eigenvalue weighted by atomic mass is 10.0. The van der Waals surface area contributed by atoms with Crippen LogP contribution in [-0.4, -0.2) is 41.7 Å². The fraction of sp³-hybridized carbons (Fsp3) is 0.149. The van der Waals surface area contributed by atoms with Crippen LogP contribution >= 0.6 is 34.7 Å². The molecule has 3 N–H and O–H groups in total. The van der Waals surface area contributed by atoms with Crippen LogP contribution in [0.25, 0.3) is 6.08 Å². The minimum atomic E-state index is -0.730. The first-order valence-corrected chi connectivity index (χ1v) is 21.2. The number of rotatable bonds is 14. The molecule has 0 saturated heterocycles. The third kappa shape index (κ3) is 10.6. The summed E-state index contributed by atoms with van der Waals surface area (Å²) in [5.74, 6) is -1.78. The zero-order valence-electron chi connectivity index (χ0n) is 32.2. The summed E-state index contributed by atoms with van der Waals surface area (Å²) >= 11 is 9.16. The van der Waals surface area contributed by atoms with Crippen LogP contribution in [0.4, 0.5) is 10.7 Å². The number of benzene rings is 5. The number of amides is 3. The van der Waals surface area contributed by atoms with Gasteiger partial charge in [0.05, 0.1) is 12.2 Å². The number of carbonyl (C=O) groups excluding carboxylic acids is 4. The van der Waals surface area contributed by atoms with Crippen molar-refractivity contribution in [2.45, 2.75) is 36.6 Å². The van der Waals surface area contributed by atoms with Gasteiger partial charge >= 0.3 is 5.97 Å². The molecule has 0 aliphatic carbocycles. The van der Waals surface area contributed by atoms with Gasteiger partial charge in [-0.25, -0.2) is 4.79 Å². The predicted octanol–water partition coefficient (Wildman–Crippen LogP) is 10.0. The van der Waals surface area contributed by atoms with Gasteiger partial charge in [0.2, 0.25) is 5.91 Å². The van der Waals surface area contributed by atoms with Crippen LogP contribution in [0.1, 0.15) is 60.0 Å². The molecule has 59 heavy (non-hydrogen) atoms. The van der Waals surface area contributed by atoms with Crippen molar-refractivity contribution < 1.29 is 23.9 Å². The standard InChI is InChI=1S/C47H41ClN4O5S2/c1-2-57-47(56)41-37-25-26-52(29-31-15-6-3-7-16-31)30-40(37)59-46(41)51-45(55)42(32-17-8-4-9-18-32)58-36-23-14-22-35(28-36)49-44(54)39(27-34-21-12-13-24-38(34)48)50-43(53)33-19-10-5-11-20-33/h3-24,27-28,42H,2,25-26,29-30H2,1H3,(H,49,54)(H,50,53)(H,51,55)/b39-27+. The minimum Gasteiger partial charge on any atom is -0.462 e. The molecule has 0 fully saturated rings. The van der Waals surface area contributed by atoms with E-state index >= 15 is 0 Å². The molecule has 1 aliphatic rings. The van der Waals surface area contributed by atoms with E-state index in [0.29, 0.717) is 50.3 Å². The predicted molar refractivity (Wildman–Crippen MR) is 237 cm³/mol.